The number of rotatable bonds is 2. The van der Waals surface area contributed by atoms with Crippen LogP contribution in [-0.2, 0) is 4.79 Å². The van der Waals surface area contributed by atoms with Crippen LogP contribution in [0.2, 0.25) is 0 Å². The molecule has 0 atom stereocenters. The van der Waals surface area contributed by atoms with E-state index in [2.05, 4.69) is 22.9 Å². The lowest BCUT2D eigenvalue weighted by molar-refractivity contribution is -0.113. The molecule has 1 amide bonds. The molecule has 12 heavy (non-hydrogen) atoms. The molecular weight excluding hydrogens is 174 g/mol. The van der Waals surface area contributed by atoms with Crippen molar-refractivity contribution >= 4 is 30.0 Å². The first-order chi connectivity index (χ1) is 5.72. The van der Waals surface area contributed by atoms with Crippen LogP contribution in [0.4, 0.5) is 11.5 Å². The number of pyridine rings is 1. The molecule has 0 aliphatic heterocycles. The van der Waals surface area contributed by atoms with E-state index in [1.807, 2.05) is 0 Å². The van der Waals surface area contributed by atoms with E-state index >= 15 is 0 Å². The van der Waals surface area contributed by atoms with Gasteiger partial charge in [-0.15, -0.1) is 0 Å². The number of nitrogens with one attached hydrogen (secondary N) is 1. The number of aromatic nitrogens is 1. The summed E-state index contributed by atoms with van der Waals surface area (Å²) >= 11 is 3.81. The number of carbonyl (C=O) groups excluding carboxylic acids is 1. The van der Waals surface area contributed by atoms with E-state index in [0.29, 0.717) is 11.5 Å². The zero-order valence-electron chi connectivity index (χ0n) is 6.32. The number of hydrogen-bond acceptors (Lipinski definition) is 4. The van der Waals surface area contributed by atoms with Gasteiger partial charge in [-0.2, -0.15) is 12.6 Å². The van der Waals surface area contributed by atoms with Crippen LogP contribution in [-0.4, -0.2) is 16.6 Å². The van der Waals surface area contributed by atoms with E-state index in [9.17, 15) is 4.79 Å². The monoisotopic (exact) mass is 183 g/mol. The lowest BCUT2D eigenvalue weighted by Crippen LogP contribution is -2.12. The number of amides is 1. The molecule has 0 aliphatic carbocycles. The van der Waals surface area contributed by atoms with Crippen molar-refractivity contribution in [2.24, 2.45) is 0 Å². The van der Waals surface area contributed by atoms with Crippen LogP contribution in [0.3, 0.4) is 0 Å². The lowest BCUT2D eigenvalue weighted by atomic mass is 10.4. The minimum Gasteiger partial charge on any atom is -0.384 e. The number of hydrogen-bond donors (Lipinski definition) is 3. The second kappa shape index (κ2) is 3.96. The van der Waals surface area contributed by atoms with Crippen LogP contribution in [0.1, 0.15) is 0 Å². The Kier molecular flexibility index (Phi) is 2.93. The van der Waals surface area contributed by atoms with Gasteiger partial charge in [0.1, 0.15) is 5.82 Å². The first kappa shape index (κ1) is 8.86. The summed E-state index contributed by atoms with van der Waals surface area (Å²) in [5, 5.41) is 2.59. The van der Waals surface area contributed by atoms with Crippen LogP contribution in [0.5, 0.6) is 0 Å². The van der Waals surface area contributed by atoms with Crippen LogP contribution in [0.15, 0.2) is 18.3 Å². The van der Waals surface area contributed by atoms with Crippen molar-refractivity contribution in [2.75, 3.05) is 16.8 Å². The fourth-order valence-corrected chi connectivity index (χ4v) is 0.759. The Balaban J connectivity index is 2.64. The standard InChI is InChI=1S/C7H9N3OS/c8-6-2-1-5(3-9-6)10-7(11)4-12/h1-3,12H,4H2,(H2,8,9)(H,10,11). The summed E-state index contributed by atoms with van der Waals surface area (Å²) in [5.74, 6) is 0.425. The molecule has 0 aliphatic rings. The van der Waals surface area contributed by atoms with Gasteiger partial charge in [-0.05, 0) is 12.1 Å². The van der Waals surface area contributed by atoms with Crippen molar-refractivity contribution in [3.8, 4) is 0 Å². The molecule has 0 fully saturated rings. The Bertz CT molecular complexity index is 272. The molecule has 4 nitrogen and oxygen atoms in total. The van der Waals surface area contributed by atoms with Crippen LogP contribution in [0.25, 0.3) is 0 Å². The quantitative estimate of drug-likeness (QED) is 0.586. The number of thiol groups is 1. The molecule has 1 rings (SSSR count). The van der Waals surface area contributed by atoms with Gasteiger partial charge in [0.05, 0.1) is 17.6 Å². The number of anilines is 2. The summed E-state index contributed by atoms with van der Waals surface area (Å²) in [7, 11) is 0. The maximum Gasteiger partial charge on any atom is 0.234 e. The second-order valence-corrected chi connectivity index (χ2v) is 2.49. The smallest absolute Gasteiger partial charge is 0.234 e. The van der Waals surface area contributed by atoms with Gasteiger partial charge in [0.15, 0.2) is 0 Å². The van der Waals surface area contributed by atoms with Crippen molar-refractivity contribution < 1.29 is 4.79 Å². The largest absolute Gasteiger partial charge is 0.384 e. The van der Waals surface area contributed by atoms with E-state index in [1.54, 1.807) is 12.1 Å². The van der Waals surface area contributed by atoms with E-state index in [4.69, 9.17) is 5.73 Å². The molecule has 5 heteroatoms. The van der Waals surface area contributed by atoms with Gasteiger partial charge in [-0.25, -0.2) is 4.98 Å². The van der Waals surface area contributed by atoms with Crippen molar-refractivity contribution in [2.45, 2.75) is 0 Å². The maximum atomic E-state index is 10.8. The predicted octanol–water partition coefficient (Wildman–Crippen LogP) is 0.532. The molecule has 1 aromatic heterocycles. The zero-order chi connectivity index (χ0) is 8.97. The molecule has 0 unspecified atom stereocenters. The number of nitrogen functional groups attached to an aromatic ring is 1. The zero-order valence-corrected chi connectivity index (χ0v) is 7.21. The summed E-state index contributed by atoms with van der Waals surface area (Å²) in [4.78, 5) is 14.6. The molecule has 0 saturated carbocycles. The average Bonchev–Trinajstić information content (AvgIpc) is 2.09. The number of carbonyl (C=O) groups is 1. The number of nitrogens with zero attached hydrogens (tertiary/aromatic N) is 1. The first-order valence-corrected chi connectivity index (χ1v) is 3.98. The van der Waals surface area contributed by atoms with Gasteiger partial charge in [0.25, 0.3) is 0 Å². The Morgan fingerprint density at radius 2 is 2.42 bits per heavy atom. The summed E-state index contributed by atoms with van der Waals surface area (Å²) in [5.41, 5.74) is 5.98. The Morgan fingerprint density at radius 3 is 2.92 bits per heavy atom. The summed E-state index contributed by atoms with van der Waals surface area (Å²) in [6, 6.07) is 3.30. The van der Waals surface area contributed by atoms with Crippen molar-refractivity contribution in [3.63, 3.8) is 0 Å². The fraction of sp³-hybridized carbons (Fsp3) is 0.143. The normalized spacial score (nSPS) is 9.42. The second-order valence-electron chi connectivity index (χ2n) is 2.18. The highest BCUT2D eigenvalue weighted by atomic mass is 32.1. The van der Waals surface area contributed by atoms with Gasteiger partial charge >= 0.3 is 0 Å². The molecule has 0 spiro atoms. The number of nitrogens with two attached hydrogens (primary N) is 1. The summed E-state index contributed by atoms with van der Waals surface area (Å²) in [6.45, 7) is 0. The molecule has 0 bridgehead atoms. The molecular formula is C7H9N3OS. The SMILES string of the molecule is Nc1ccc(NC(=O)CS)cn1. The predicted molar refractivity (Wildman–Crippen MR) is 51.1 cm³/mol. The Morgan fingerprint density at radius 1 is 1.67 bits per heavy atom. The van der Waals surface area contributed by atoms with Gasteiger partial charge in [0.2, 0.25) is 5.91 Å². The molecule has 0 radical (unpaired) electrons. The third-order valence-electron chi connectivity index (χ3n) is 1.21. The molecule has 64 valence electrons. The Hall–Kier alpha value is -1.23. The van der Waals surface area contributed by atoms with E-state index in [-0.39, 0.29) is 11.7 Å². The molecule has 1 heterocycles. The third-order valence-corrected chi connectivity index (χ3v) is 1.50. The van der Waals surface area contributed by atoms with Gasteiger partial charge < -0.3 is 11.1 Å². The van der Waals surface area contributed by atoms with E-state index in [0.717, 1.165) is 0 Å². The van der Waals surface area contributed by atoms with Crippen molar-refractivity contribution in [1.29, 1.82) is 0 Å². The van der Waals surface area contributed by atoms with Gasteiger partial charge in [-0.1, -0.05) is 0 Å². The fourth-order valence-electron chi connectivity index (χ4n) is 0.680. The molecule has 1 aromatic rings. The molecule has 0 aromatic carbocycles. The molecule has 0 saturated heterocycles. The van der Waals surface area contributed by atoms with E-state index in [1.165, 1.54) is 6.20 Å². The van der Waals surface area contributed by atoms with Gasteiger partial charge in [0, 0.05) is 0 Å². The maximum absolute atomic E-state index is 10.8. The summed E-state index contributed by atoms with van der Waals surface area (Å²) < 4.78 is 0. The van der Waals surface area contributed by atoms with Crippen LogP contribution in [0, 0.1) is 0 Å². The minimum absolute atomic E-state index is 0.157. The van der Waals surface area contributed by atoms with E-state index < -0.39 is 0 Å². The van der Waals surface area contributed by atoms with Crippen LogP contribution < -0.4 is 11.1 Å². The third kappa shape index (κ3) is 2.43. The highest BCUT2D eigenvalue weighted by molar-refractivity contribution is 7.81. The van der Waals surface area contributed by atoms with Gasteiger partial charge in [-0.3, -0.25) is 4.79 Å². The lowest BCUT2D eigenvalue weighted by Gasteiger charge is -2.01. The van der Waals surface area contributed by atoms with Crippen LogP contribution >= 0.6 is 12.6 Å². The Labute approximate surface area is 75.6 Å². The summed E-state index contributed by atoms with van der Waals surface area (Å²) in [6.07, 6.45) is 1.50. The highest BCUT2D eigenvalue weighted by Crippen LogP contribution is 2.06. The first-order valence-electron chi connectivity index (χ1n) is 3.34. The van der Waals surface area contributed by atoms with Crippen molar-refractivity contribution in [3.05, 3.63) is 18.3 Å². The topological polar surface area (TPSA) is 68.0 Å². The highest BCUT2D eigenvalue weighted by Gasteiger charge is 1.97. The van der Waals surface area contributed by atoms with Crippen molar-refractivity contribution in [1.82, 2.24) is 4.98 Å². The average molecular weight is 183 g/mol. The minimum atomic E-state index is -0.162. The molecule has 3 N–H and O–H groups in total.